The number of Topliss-reactive ketones (excluding diaryl/α,β-unsaturated/α-hetero) is 4. The molecule has 0 aliphatic carbocycles. The van der Waals surface area contributed by atoms with E-state index in [9.17, 15) is 28.8 Å². The van der Waals surface area contributed by atoms with Crippen LogP contribution in [0.15, 0.2) is 72.8 Å². The van der Waals surface area contributed by atoms with Crippen molar-refractivity contribution in [2.24, 2.45) is 11.8 Å². The Labute approximate surface area is 230 Å². The van der Waals surface area contributed by atoms with E-state index in [-0.39, 0.29) is 22.6 Å². The number of hydrogen-bond acceptors (Lipinski definition) is 9. The van der Waals surface area contributed by atoms with E-state index in [2.05, 4.69) is 5.32 Å². The quantitative estimate of drug-likeness (QED) is 0.157. The predicted molar refractivity (Wildman–Crippen MR) is 143 cm³/mol. The maximum absolute atomic E-state index is 13.6. The number of rotatable bonds is 12. The molecule has 0 spiro atoms. The van der Waals surface area contributed by atoms with Crippen LogP contribution in [0.1, 0.15) is 26.3 Å². The van der Waals surface area contributed by atoms with Crippen molar-refractivity contribution in [3.8, 4) is 11.5 Å². The lowest BCUT2D eigenvalue weighted by atomic mass is 9.78. The number of hydrogen-bond donors (Lipinski definition) is 1. The molecule has 0 fully saturated rings. The van der Waals surface area contributed by atoms with Crippen molar-refractivity contribution in [3.63, 3.8) is 0 Å². The summed E-state index contributed by atoms with van der Waals surface area (Å²) < 4.78 is 15.1. The number of aryl methyl sites for hydroxylation is 1. The molecule has 3 rings (SSSR count). The molecule has 0 saturated carbocycles. The van der Waals surface area contributed by atoms with Gasteiger partial charge in [0.2, 0.25) is 17.3 Å². The van der Waals surface area contributed by atoms with Gasteiger partial charge in [-0.1, -0.05) is 60.2 Å². The lowest BCUT2D eigenvalue weighted by Crippen LogP contribution is -2.47. The third-order valence-electron chi connectivity index (χ3n) is 6.11. The first-order chi connectivity index (χ1) is 19.1. The Bertz CT molecular complexity index is 1450. The largest absolute Gasteiger partial charge is 0.497 e. The van der Waals surface area contributed by atoms with Gasteiger partial charge >= 0.3 is 5.97 Å². The van der Waals surface area contributed by atoms with Crippen molar-refractivity contribution in [3.05, 3.63) is 89.5 Å². The molecule has 0 aliphatic heterocycles. The van der Waals surface area contributed by atoms with E-state index < -0.39 is 46.8 Å². The predicted octanol–water partition coefficient (Wildman–Crippen LogP) is 3.26. The summed E-state index contributed by atoms with van der Waals surface area (Å²) in [6.07, 6.45) is 0. The van der Waals surface area contributed by atoms with Gasteiger partial charge in [0.25, 0.3) is 5.91 Å². The number of ketones is 4. The fraction of sp³-hybridized carbons (Fsp3) is 0.200. The summed E-state index contributed by atoms with van der Waals surface area (Å²) >= 11 is 0. The van der Waals surface area contributed by atoms with E-state index in [0.717, 1.165) is 12.7 Å². The molecule has 1 amide bonds. The molecule has 206 valence electrons. The van der Waals surface area contributed by atoms with E-state index in [1.165, 1.54) is 68.8 Å². The molecule has 40 heavy (non-hydrogen) atoms. The van der Waals surface area contributed by atoms with Crippen LogP contribution in [0, 0.1) is 18.8 Å². The zero-order valence-corrected chi connectivity index (χ0v) is 22.3. The summed E-state index contributed by atoms with van der Waals surface area (Å²) in [4.78, 5) is 79.9. The first kappa shape index (κ1) is 29.4. The molecular weight excluding hydrogens is 518 g/mol. The minimum Gasteiger partial charge on any atom is -0.497 e. The van der Waals surface area contributed by atoms with Crippen LogP contribution in [0.4, 0.5) is 5.69 Å². The summed E-state index contributed by atoms with van der Waals surface area (Å²) in [5.41, 5.74) is 0.739. The van der Waals surface area contributed by atoms with Gasteiger partial charge in [0.1, 0.15) is 23.3 Å². The van der Waals surface area contributed by atoms with Gasteiger partial charge in [-0.2, -0.15) is 0 Å². The summed E-state index contributed by atoms with van der Waals surface area (Å²) in [6, 6.07) is 17.6. The van der Waals surface area contributed by atoms with Crippen LogP contribution in [0.2, 0.25) is 0 Å². The minimum absolute atomic E-state index is 0.0245. The number of methoxy groups -OCH3 is 3. The SMILES string of the molecule is COC(=O)C(C(=O)c1ccccc1)C(C(=O)C(=O)Nc1ccc(OC)cc1OC)C(=O)C(=O)c1ccc(C)cc1. The average molecular weight is 546 g/mol. The van der Waals surface area contributed by atoms with Crippen molar-refractivity contribution in [1.29, 1.82) is 0 Å². The standard InChI is InChI=1S/C30H27NO9/c1-17-10-12-19(13-11-17)26(33)27(34)23(24(30(37)40-4)25(32)18-8-6-5-7-9-18)28(35)29(36)31-21-15-14-20(38-2)16-22(21)39-3/h5-16,23-24H,1-4H3,(H,31,36). The summed E-state index contributed by atoms with van der Waals surface area (Å²) in [6.45, 7) is 1.77. The Morgan fingerprint density at radius 2 is 1.35 bits per heavy atom. The summed E-state index contributed by atoms with van der Waals surface area (Å²) in [5, 5.41) is 2.33. The second-order valence-corrected chi connectivity index (χ2v) is 8.65. The van der Waals surface area contributed by atoms with Crippen LogP contribution in [0.3, 0.4) is 0 Å². The highest BCUT2D eigenvalue weighted by Gasteiger charge is 2.49. The number of anilines is 1. The van der Waals surface area contributed by atoms with Gasteiger partial charge in [0, 0.05) is 17.2 Å². The molecule has 1 N–H and O–H groups in total. The van der Waals surface area contributed by atoms with Crippen LogP contribution < -0.4 is 14.8 Å². The molecule has 0 heterocycles. The van der Waals surface area contributed by atoms with E-state index in [1.807, 2.05) is 0 Å². The molecule has 0 radical (unpaired) electrons. The first-order valence-corrected chi connectivity index (χ1v) is 12.0. The lowest BCUT2D eigenvalue weighted by Gasteiger charge is -2.22. The van der Waals surface area contributed by atoms with Gasteiger partial charge < -0.3 is 19.5 Å². The van der Waals surface area contributed by atoms with Gasteiger partial charge in [-0.25, -0.2) is 0 Å². The van der Waals surface area contributed by atoms with Gasteiger partial charge in [-0.3, -0.25) is 28.8 Å². The molecule has 3 aromatic rings. The van der Waals surface area contributed by atoms with Crippen LogP contribution >= 0.6 is 0 Å². The zero-order valence-electron chi connectivity index (χ0n) is 22.3. The molecule has 0 saturated heterocycles. The lowest BCUT2D eigenvalue weighted by molar-refractivity contribution is -0.151. The smallest absolute Gasteiger partial charge is 0.317 e. The van der Waals surface area contributed by atoms with Crippen molar-refractivity contribution in [2.75, 3.05) is 26.6 Å². The minimum atomic E-state index is -2.31. The fourth-order valence-corrected chi connectivity index (χ4v) is 3.94. The molecule has 10 nitrogen and oxygen atoms in total. The van der Waals surface area contributed by atoms with Gasteiger partial charge in [0.15, 0.2) is 5.78 Å². The maximum atomic E-state index is 13.6. The number of carbonyl (C=O) groups is 6. The molecular formula is C30H27NO9. The number of esters is 1. The normalized spacial score (nSPS) is 11.9. The van der Waals surface area contributed by atoms with Gasteiger partial charge in [-0.15, -0.1) is 0 Å². The Morgan fingerprint density at radius 3 is 1.93 bits per heavy atom. The number of benzene rings is 3. The topological polar surface area (TPSA) is 142 Å². The summed E-state index contributed by atoms with van der Waals surface area (Å²) in [7, 11) is 3.71. The van der Waals surface area contributed by atoms with Gasteiger partial charge in [0.05, 0.1) is 27.0 Å². The third-order valence-corrected chi connectivity index (χ3v) is 6.11. The molecule has 2 atom stereocenters. The molecule has 10 heteroatoms. The second kappa shape index (κ2) is 13.1. The van der Waals surface area contributed by atoms with E-state index >= 15 is 0 Å². The summed E-state index contributed by atoms with van der Waals surface area (Å²) in [5.74, 6) is -11.5. The van der Waals surface area contributed by atoms with Crippen LogP contribution in [-0.4, -0.2) is 56.3 Å². The van der Waals surface area contributed by atoms with Gasteiger partial charge in [-0.05, 0) is 19.1 Å². The van der Waals surface area contributed by atoms with Crippen molar-refractivity contribution < 1.29 is 43.0 Å². The van der Waals surface area contributed by atoms with E-state index in [1.54, 1.807) is 25.1 Å². The van der Waals surface area contributed by atoms with Crippen molar-refractivity contribution in [2.45, 2.75) is 6.92 Å². The Balaban J connectivity index is 2.08. The number of nitrogens with one attached hydrogen (secondary N) is 1. The maximum Gasteiger partial charge on any atom is 0.317 e. The first-order valence-electron chi connectivity index (χ1n) is 12.0. The number of carbonyl (C=O) groups excluding carboxylic acids is 6. The number of amides is 1. The van der Waals surface area contributed by atoms with Crippen LogP contribution in [0.5, 0.6) is 11.5 Å². The highest BCUT2D eigenvalue weighted by molar-refractivity contribution is 6.55. The monoisotopic (exact) mass is 545 g/mol. The third kappa shape index (κ3) is 6.47. The highest BCUT2D eigenvalue weighted by Crippen LogP contribution is 2.30. The highest BCUT2D eigenvalue weighted by atomic mass is 16.5. The Morgan fingerprint density at radius 1 is 0.700 bits per heavy atom. The second-order valence-electron chi connectivity index (χ2n) is 8.65. The Kier molecular flexibility index (Phi) is 9.64. The molecule has 2 unspecified atom stereocenters. The molecule has 3 aromatic carbocycles. The fourth-order valence-electron chi connectivity index (χ4n) is 3.94. The van der Waals surface area contributed by atoms with E-state index in [0.29, 0.717) is 5.75 Å². The molecule has 0 bridgehead atoms. The molecule has 0 aromatic heterocycles. The molecule has 0 aliphatic rings. The van der Waals surface area contributed by atoms with Crippen molar-refractivity contribution >= 4 is 40.7 Å². The number of ether oxygens (including phenoxy) is 3. The van der Waals surface area contributed by atoms with Crippen LogP contribution in [-0.2, 0) is 23.9 Å². The van der Waals surface area contributed by atoms with Crippen LogP contribution in [0.25, 0.3) is 0 Å². The van der Waals surface area contributed by atoms with E-state index in [4.69, 9.17) is 14.2 Å². The average Bonchev–Trinajstić information content (AvgIpc) is 2.99. The Hall–Kier alpha value is -5.12. The van der Waals surface area contributed by atoms with Crippen molar-refractivity contribution in [1.82, 2.24) is 0 Å². The zero-order chi connectivity index (χ0) is 29.4.